The summed E-state index contributed by atoms with van der Waals surface area (Å²) in [6.45, 7) is 4.20. The third-order valence-electron chi connectivity index (χ3n) is 7.95. The number of rotatable bonds is 4. The number of benzene rings is 5. The van der Waals surface area contributed by atoms with Crippen LogP contribution in [0.25, 0.3) is 66.1 Å². The lowest BCUT2D eigenvalue weighted by Gasteiger charge is -2.18. The zero-order chi connectivity index (χ0) is 27.1. The maximum absolute atomic E-state index is 4.48. The van der Waals surface area contributed by atoms with Crippen LogP contribution in [0.3, 0.4) is 0 Å². The van der Waals surface area contributed by atoms with Crippen molar-refractivity contribution in [2.24, 2.45) is 0 Å². The SMILES string of the molecule is Cc1ccncc1-c1ccc(-c2c3ccccc3c(-c3ccc(-c4cccnc4C)cc3)c3ccccc23)cc1. The van der Waals surface area contributed by atoms with E-state index in [2.05, 4.69) is 133 Å². The number of aromatic nitrogens is 2. The highest BCUT2D eigenvalue weighted by Crippen LogP contribution is 2.44. The summed E-state index contributed by atoms with van der Waals surface area (Å²) in [5.74, 6) is 0. The monoisotopic (exact) mass is 512 g/mol. The number of hydrogen-bond donors (Lipinski definition) is 0. The molecule has 0 N–H and O–H groups in total. The Balaban J connectivity index is 1.42. The molecule has 0 spiro atoms. The summed E-state index contributed by atoms with van der Waals surface area (Å²) in [7, 11) is 0. The predicted octanol–water partition coefficient (Wildman–Crippen LogP) is 10.1. The third-order valence-corrected chi connectivity index (χ3v) is 7.95. The summed E-state index contributed by atoms with van der Waals surface area (Å²) in [6.07, 6.45) is 5.64. The van der Waals surface area contributed by atoms with Crippen molar-refractivity contribution < 1.29 is 0 Å². The summed E-state index contributed by atoms with van der Waals surface area (Å²) >= 11 is 0. The predicted molar refractivity (Wildman–Crippen MR) is 168 cm³/mol. The first-order chi connectivity index (χ1) is 19.7. The molecule has 2 nitrogen and oxygen atoms in total. The summed E-state index contributed by atoms with van der Waals surface area (Å²) in [5.41, 5.74) is 11.9. The minimum absolute atomic E-state index is 1.04. The van der Waals surface area contributed by atoms with Gasteiger partial charge in [-0.1, -0.05) is 103 Å². The molecule has 0 atom stereocenters. The summed E-state index contributed by atoms with van der Waals surface area (Å²) in [5, 5.41) is 5.03. The first kappa shape index (κ1) is 24.0. The van der Waals surface area contributed by atoms with Gasteiger partial charge < -0.3 is 0 Å². The number of hydrogen-bond acceptors (Lipinski definition) is 2. The fourth-order valence-corrected chi connectivity index (χ4v) is 5.94. The Kier molecular flexibility index (Phi) is 5.94. The molecule has 0 bridgehead atoms. The van der Waals surface area contributed by atoms with Gasteiger partial charge in [-0.15, -0.1) is 0 Å². The van der Waals surface area contributed by atoms with Gasteiger partial charge in [-0.25, -0.2) is 0 Å². The average Bonchev–Trinajstić information content (AvgIpc) is 3.01. The van der Waals surface area contributed by atoms with Crippen molar-refractivity contribution in [3.63, 3.8) is 0 Å². The van der Waals surface area contributed by atoms with Crippen LogP contribution in [0.2, 0.25) is 0 Å². The summed E-state index contributed by atoms with van der Waals surface area (Å²) < 4.78 is 0. The Morgan fingerprint density at radius 3 is 1.38 bits per heavy atom. The molecule has 2 heterocycles. The van der Waals surface area contributed by atoms with Gasteiger partial charge in [0.05, 0.1) is 0 Å². The molecule has 40 heavy (non-hydrogen) atoms. The molecule has 0 aliphatic heterocycles. The van der Waals surface area contributed by atoms with Crippen molar-refractivity contribution >= 4 is 21.5 Å². The molecule has 7 aromatic rings. The van der Waals surface area contributed by atoms with Gasteiger partial charge in [-0.05, 0) is 86.5 Å². The molecule has 0 radical (unpaired) electrons. The van der Waals surface area contributed by atoms with Crippen molar-refractivity contribution in [1.82, 2.24) is 9.97 Å². The van der Waals surface area contributed by atoms with Crippen molar-refractivity contribution in [3.05, 3.63) is 145 Å². The lowest BCUT2D eigenvalue weighted by atomic mass is 9.85. The van der Waals surface area contributed by atoms with Gasteiger partial charge >= 0.3 is 0 Å². The molecular formula is C38H28N2. The second-order valence-corrected chi connectivity index (χ2v) is 10.3. The molecule has 0 unspecified atom stereocenters. The summed E-state index contributed by atoms with van der Waals surface area (Å²) in [6, 6.07) is 41.7. The van der Waals surface area contributed by atoms with E-state index in [0.29, 0.717) is 0 Å². The minimum atomic E-state index is 1.04. The van der Waals surface area contributed by atoms with Crippen molar-refractivity contribution in [1.29, 1.82) is 0 Å². The zero-order valence-electron chi connectivity index (χ0n) is 22.6. The van der Waals surface area contributed by atoms with Crippen LogP contribution in [0, 0.1) is 13.8 Å². The highest BCUT2D eigenvalue weighted by Gasteiger charge is 2.17. The van der Waals surface area contributed by atoms with Gasteiger partial charge in [0.2, 0.25) is 0 Å². The van der Waals surface area contributed by atoms with E-state index in [-0.39, 0.29) is 0 Å². The Labute approximate surface area is 234 Å². The fourth-order valence-electron chi connectivity index (χ4n) is 5.94. The molecule has 190 valence electrons. The lowest BCUT2D eigenvalue weighted by molar-refractivity contribution is 1.20. The first-order valence-electron chi connectivity index (χ1n) is 13.7. The molecule has 2 aromatic heterocycles. The average molecular weight is 513 g/mol. The van der Waals surface area contributed by atoms with E-state index in [4.69, 9.17) is 0 Å². The molecule has 0 saturated carbocycles. The molecule has 0 saturated heterocycles. The quantitative estimate of drug-likeness (QED) is 0.219. The van der Waals surface area contributed by atoms with Crippen LogP contribution < -0.4 is 0 Å². The number of pyridine rings is 2. The summed E-state index contributed by atoms with van der Waals surface area (Å²) in [4.78, 5) is 8.83. The van der Waals surface area contributed by atoms with E-state index in [1.165, 1.54) is 71.6 Å². The Morgan fingerprint density at radius 1 is 0.425 bits per heavy atom. The molecule has 7 rings (SSSR count). The second-order valence-electron chi connectivity index (χ2n) is 10.3. The number of nitrogens with zero attached hydrogens (tertiary/aromatic N) is 2. The van der Waals surface area contributed by atoms with Gasteiger partial charge in [0.1, 0.15) is 0 Å². The fraction of sp³-hybridized carbons (Fsp3) is 0.0526. The van der Waals surface area contributed by atoms with E-state index in [9.17, 15) is 0 Å². The maximum atomic E-state index is 4.48. The highest BCUT2D eigenvalue weighted by molar-refractivity contribution is 6.21. The van der Waals surface area contributed by atoms with E-state index >= 15 is 0 Å². The van der Waals surface area contributed by atoms with Gasteiger partial charge in [0, 0.05) is 35.4 Å². The van der Waals surface area contributed by atoms with Gasteiger partial charge in [-0.2, -0.15) is 0 Å². The molecular weight excluding hydrogens is 484 g/mol. The van der Waals surface area contributed by atoms with Crippen molar-refractivity contribution in [2.45, 2.75) is 13.8 Å². The Bertz CT molecular complexity index is 1800. The van der Waals surface area contributed by atoms with E-state index in [1.54, 1.807) is 0 Å². The van der Waals surface area contributed by atoms with Crippen LogP contribution in [-0.2, 0) is 0 Å². The topological polar surface area (TPSA) is 25.8 Å². The van der Waals surface area contributed by atoms with Crippen LogP contribution in [0.1, 0.15) is 11.3 Å². The molecule has 0 amide bonds. The van der Waals surface area contributed by atoms with Crippen LogP contribution in [0.5, 0.6) is 0 Å². The molecule has 2 heteroatoms. The first-order valence-corrected chi connectivity index (χ1v) is 13.7. The van der Waals surface area contributed by atoms with Crippen LogP contribution in [0.4, 0.5) is 0 Å². The van der Waals surface area contributed by atoms with E-state index in [1.807, 2.05) is 24.7 Å². The van der Waals surface area contributed by atoms with Gasteiger partial charge in [0.25, 0.3) is 0 Å². The largest absolute Gasteiger partial charge is 0.264 e. The minimum Gasteiger partial charge on any atom is -0.264 e. The smallest absolute Gasteiger partial charge is 0.0450 e. The number of aryl methyl sites for hydroxylation is 2. The van der Waals surface area contributed by atoms with Gasteiger partial charge in [0.15, 0.2) is 0 Å². The Morgan fingerprint density at radius 2 is 0.900 bits per heavy atom. The Hall–Kier alpha value is -5.08. The third kappa shape index (κ3) is 4.06. The lowest BCUT2D eigenvalue weighted by Crippen LogP contribution is -1.91. The standard InChI is InChI=1S/C38H28N2/c1-25-21-23-39-24-36(25)28-15-19-30(20-16-28)38-34-10-5-3-8-32(34)37(33-9-4-6-11-35(33)38)29-17-13-27(14-18-29)31-12-7-22-40-26(31)2/h3-24H,1-2H3. The van der Waals surface area contributed by atoms with Crippen molar-refractivity contribution in [2.75, 3.05) is 0 Å². The molecule has 5 aromatic carbocycles. The molecule has 0 aliphatic carbocycles. The molecule has 0 aliphatic rings. The zero-order valence-corrected chi connectivity index (χ0v) is 22.6. The maximum Gasteiger partial charge on any atom is 0.0450 e. The normalized spacial score (nSPS) is 11.2. The van der Waals surface area contributed by atoms with E-state index < -0.39 is 0 Å². The van der Waals surface area contributed by atoms with Crippen LogP contribution in [-0.4, -0.2) is 9.97 Å². The van der Waals surface area contributed by atoms with Gasteiger partial charge in [-0.3, -0.25) is 9.97 Å². The van der Waals surface area contributed by atoms with Crippen LogP contribution in [0.15, 0.2) is 134 Å². The van der Waals surface area contributed by atoms with Crippen molar-refractivity contribution in [3.8, 4) is 44.5 Å². The van der Waals surface area contributed by atoms with Crippen LogP contribution >= 0.6 is 0 Å². The highest BCUT2D eigenvalue weighted by atomic mass is 14.7. The second kappa shape index (κ2) is 9.91. The van der Waals surface area contributed by atoms with E-state index in [0.717, 1.165) is 5.69 Å². The molecule has 0 fully saturated rings. The number of fused-ring (bicyclic) bond motifs is 2.